The van der Waals surface area contributed by atoms with Gasteiger partial charge in [0, 0.05) is 0 Å². The molecule has 0 aliphatic carbocycles. The summed E-state index contributed by atoms with van der Waals surface area (Å²) in [5.41, 5.74) is 6.69. The van der Waals surface area contributed by atoms with Gasteiger partial charge in [-0.25, -0.2) is 0 Å². The fourth-order valence-corrected chi connectivity index (χ4v) is 10300. The Kier molecular flexibility index (Phi) is 98.8. The topological polar surface area (TPSA) is 0 Å². The number of hydrogen-bond acceptors (Lipinski definition) is 0. The van der Waals surface area contributed by atoms with E-state index >= 15 is 0 Å². The van der Waals surface area contributed by atoms with Crippen LogP contribution in [0.15, 0.2) is 0 Å². The van der Waals surface area contributed by atoms with Crippen molar-refractivity contribution in [2.75, 3.05) is 0 Å². The maximum atomic E-state index is 6.69. The second kappa shape index (κ2) is 57.5. The van der Waals surface area contributed by atoms with Gasteiger partial charge in [-0.15, -0.1) is 0 Å². The predicted molar refractivity (Wildman–Crippen MR) is 777 cm³/mol. The fourth-order valence-electron chi connectivity index (χ4n) is 0.779. The van der Waals surface area contributed by atoms with Crippen LogP contribution in [0.4, 0.5) is 0 Å². The van der Waals surface area contributed by atoms with Crippen LogP contribution in [0.3, 0.4) is 0 Å². The molecule has 0 spiro atoms. The van der Waals surface area contributed by atoms with Crippen molar-refractivity contribution < 1.29 is 0 Å². The van der Waals surface area contributed by atoms with Gasteiger partial charge in [0.2, 0.25) is 0 Å². The molecule has 0 aromatic rings. The van der Waals surface area contributed by atoms with E-state index in [2.05, 4.69) is 521 Å². The van der Waals surface area contributed by atoms with Crippen LogP contribution < -0.4 is 0 Å². The Bertz CT molecular complexity index is 950. The first-order valence-electron chi connectivity index (χ1n) is 7.93. The second-order valence-corrected chi connectivity index (χ2v) is 1300. The van der Waals surface area contributed by atoms with Crippen LogP contribution >= 0.6 is 738 Å². The third-order valence-corrected chi connectivity index (χ3v) is 4230. The molecule has 0 heterocycles. The van der Waals surface area contributed by atoms with Crippen molar-refractivity contribution in [2.45, 2.75) is 0 Å². The van der Waals surface area contributed by atoms with Crippen molar-refractivity contribution >= 4 is 744 Å². The van der Waals surface area contributed by atoms with E-state index in [9.17, 15) is 0 Å². The van der Waals surface area contributed by atoms with E-state index < -0.39 is 217 Å². The van der Waals surface area contributed by atoms with E-state index in [1.54, 1.807) is 0 Å². The summed E-state index contributed by atoms with van der Waals surface area (Å²) in [5.74, 6) is 0. The van der Waals surface area contributed by atoms with Gasteiger partial charge in [-0.1, -0.05) is 0 Å². The minimum atomic E-state index is -0.980. The van der Waals surface area contributed by atoms with Crippen LogP contribution in [0.5, 0.6) is 0 Å². The van der Waals surface area contributed by atoms with Crippen LogP contribution in [-0.2, 0) is 0 Å². The van der Waals surface area contributed by atoms with Crippen LogP contribution in [0, 0.1) is 0 Å². The van der Waals surface area contributed by atoms with Crippen LogP contribution in [0.25, 0.3) is 0 Å². The first kappa shape index (κ1) is 96.2. The van der Waals surface area contributed by atoms with E-state index in [0.717, 1.165) is 0 Å². The normalized spacial score (nSPS) is 18.9. The summed E-state index contributed by atoms with van der Waals surface area (Å²) in [7, 11) is -15.0. The maximum absolute atomic E-state index is 6.69. The van der Waals surface area contributed by atoms with Crippen LogP contribution in [-0.4, -0.2) is 5.70 Å². The van der Waals surface area contributed by atoms with E-state index in [1.165, 1.54) is 0 Å². The van der Waals surface area contributed by atoms with Crippen molar-refractivity contribution in [3.63, 3.8) is 0 Å². The van der Waals surface area contributed by atoms with E-state index in [0.29, 0.717) is 0 Å². The fraction of sp³-hybridized carbons (Fsp3) is 0. The molecule has 388 valence electrons. The zero-order valence-corrected chi connectivity index (χ0v) is 140. The summed E-state index contributed by atoms with van der Waals surface area (Å²) in [6.45, 7) is 0. The first-order valence-corrected chi connectivity index (χ1v) is 349. The summed E-state index contributed by atoms with van der Waals surface area (Å²) in [6.07, 6.45) is 0. The van der Waals surface area contributed by atoms with Crippen molar-refractivity contribution in [1.29, 1.82) is 0 Å². The number of hydrogen-bond donors (Lipinski definition) is 0. The molecule has 0 aromatic carbocycles. The molecule has 0 bridgehead atoms. The van der Waals surface area contributed by atoms with Gasteiger partial charge in [-0.2, -0.15) is 0 Å². The van der Waals surface area contributed by atoms with Gasteiger partial charge in [0.05, 0.1) is 0 Å². The third-order valence-electron chi connectivity index (χ3n) is 2.14. The molecule has 0 fully saturated rings. The molecule has 0 unspecified atom stereocenters. The molecular weight excluding hydrogens is 6990 g/mol. The van der Waals surface area contributed by atoms with Gasteiger partial charge in [-0.3, -0.25) is 0 Å². The Morgan fingerprint density at radius 1 is 0.143 bits per heavy atom. The number of rotatable bonds is 26. The standard InChI is InChI=1S/BI55/c1-30(2)32(5)34(7)36(9)38(11)40(13)42(15)44(17)46(19)48(21)50(23)52(25)54(27)56(29)55(28)53(26)51(24)49(22)47(20)45(18)43(16)41(14)39(12)37(10)35(8)33(6)31(3)4. The molecule has 0 atom stereocenters. The molecule has 0 aliphatic rings. The molecule has 0 aliphatic heterocycles. The molecule has 2 radical (unpaired) electrons. The van der Waals surface area contributed by atoms with Gasteiger partial charge in [0.15, 0.2) is 0 Å². The quantitative estimate of drug-likeness (QED) is 0.0598. The Morgan fingerprint density at radius 2 is 0.232 bits per heavy atom. The molecule has 56 heavy (non-hydrogen) atoms. The first-order chi connectivity index (χ1) is 25.4. The van der Waals surface area contributed by atoms with Crippen molar-refractivity contribution in [3.8, 4) is 0 Å². The molecule has 0 nitrogen and oxygen atoms in total. The van der Waals surface area contributed by atoms with E-state index in [1.807, 2.05) is 0 Å². The second-order valence-electron chi connectivity index (χ2n) is 4.43. The van der Waals surface area contributed by atoms with Crippen LogP contribution in [0.2, 0.25) is 0 Å². The average Bonchev–Trinajstić information content (AvgIpc) is 3.18. The van der Waals surface area contributed by atoms with Gasteiger partial charge < -0.3 is 0 Å². The number of halogens is 55. The summed E-state index contributed by atoms with van der Waals surface area (Å²) < 4.78 is 0. The van der Waals surface area contributed by atoms with Crippen molar-refractivity contribution in [2.24, 2.45) is 0 Å². The molecule has 56 heteroatoms. The summed E-state index contributed by atoms with van der Waals surface area (Å²) >= 11 is 90.7. The van der Waals surface area contributed by atoms with Crippen molar-refractivity contribution in [1.82, 2.24) is 0 Å². The molecule has 0 saturated carbocycles. The Morgan fingerprint density at radius 3 is 0.321 bits per heavy atom. The minimum absolute atomic E-state index is 0.472. The van der Waals surface area contributed by atoms with E-state index in [4.69, 9.17) is 5.70 Å². The molecule has 0 aromatic heterocycles. The molecular formula is BI55. The molecule has 0 amide bonds. The Labute approximate surface area is 699 Å². The molecule has 0 rings (SSSR count). The van der Waals surface area contributed by atoms with E-state index in [-0.39, 0.29) is 0 Å². The van der Waals surface area contributed by atoms with Crippen molar-refractivity contribution in [3.05, 3.63) is 0 Å². The average molecular weight is 6990 g/mol. The van der Waals surface area contributed by atoms with Gasteiger partial charge in [0.25, 0.3) is 0 Å². The summed E-state index contributed by atoms with van der Waals surface area (Å²) in [5, 5.41) is 0. The van der Waals surface area contributed by atoms with Gasteiger partial charge in [0.1, 0.15) is 0 Å². The Hall–Kier alpha value is 40.2. The van der Waals surface area contributed by atoms with Gasteiger partial charge >= 0.3 is 744 Å². The monoisotopic (exact) mass is 6990 g/mol. The summed E-state index contributed by atoms with van der Waals surface area (Å²) in [4.78, 5) is 0. The zero-order valence-electron chi connectivity index (χ0n) is 21.4. The zero-order chi connectivity index (χ0) is 44.6. The predicted octanol–water partition coefficient (Wildman–Crippen LogP) is 48.3. The molecule has 0 N–H and O–H groups in total. The van der Waals surface area contributed by atoms with Crippen LogP contribution in [0.1, 0.15) is 0 Å². The SMILES string of the molecule is [B]I(I)I(I)I(I)I(I)I(I)I(I)I(I)I(I)I(I)I(I)I(I)I(I)I(I)I(I)I(I)I(I)I(I)I(I)I(I)I(I)I(I)I(I)I(I)I(I)I(I)I(I)I(I)I. The molecule has 0 saturated heterocycles. The Balaban J connectivity index is 5.63. The summed E-state index contributed by atoms with van der Waals surface area (Å²) in [6, 6.07) is 0. The third kappa shape index (κ3) is 39.4. The van der Waals surface area contributed by atoms with Gasteiger partial charge in [-0.05, 0) is 0 Å².